The van der Waals surface area contributed by atoms with Crippen LogP contribution in [0.4, 0.5) is 0 Å². The lowest BCUT2D eigenvalue weighted by molar-refractivity contribution is -0.118. The first-order valence-corrected chi connectivity index (χ1v) is 13.5. The number of fused-ring (bicyclic) bond motifs is 1. The monoisotopic (exact) mass is 511 g/mol. The maximum absolute atomic E-state index is 12.9. The SMILES string of the molecule is CCc1cc(-c2cnc(C3CC3)nc2)cc(C)c1CC(=O)NS(=O)(=O)c1cc2n(n1)C[C@@H](OC)CO2. The Labute approximate surface area is 210 Å². The molecule has 3 aromatic rings. The van der Waals surface area contributed by atoms with E-state index in [0.717, 1.165) is 46.5 Å². The minimum absolute atomic E-state index is 0.0680. The molecule has 0 bridgehead atoms. The molecular formula is C25H29N5O5S. The first-order valence-electron chi connectivity index (χ1n) is 12.0. The van der Waals surface area contributed by atoms with Crippen LogP contribution < -0.4 is 9.46 Å². The molecule has 0 unspecified atom stereocenters. The van der Waals surface area contributed by atoms with E-state index < -0.39 is 15.9 Å². The summed E-state index contributed by atoms with van der Waals surface area (Å²) >= 11 is 0. The minimum Gasteiger partial charge on any atom is -0.475 e. The molecular weight excluding hydrogens is 482 g/mol. The molecule has 1 aliphatic carbocycles. The van der Waals surface area contributed by atoms with Crippen LogP contribution in [0.5, 0.6) is 5.88 Å². The highest BCUT2D eigenvalue weighted by Crippen LogP contribution is 2.38. The summed E-state index contributed by atoms with van der Waals surface area (Å²) in [4.78, 5) is 21.8. The summed E-state index contributed by atoms with van der Waals surface area (Å²) in [5.41, 5.74) is 4.57. The Morgan fingerprint density at radius 3 is 2.61 bits per heavy atom. The predicted molar refractivity (Wildman–Crippen MR) is 131 cm³/mol. The fraction of sp³-hybridized carbons (Fsp3) is 0.440. The molecule has 10 nitrogen and oxygen atoms in total. The van der Waals surface area contributed by atoms with Crippen molar-refractivity contribution in [2.24, 2.45) is 0 Å². The summed E-state index contributed by atoms with van der Waals surface area (Å²) < 4.78 is 40.0. The van der Waals surface area contributed by atoms with E-state index in [1.165, 1.54) is 10.7 Å². The summed E-state index contributed by atoms with van der Waals surface area (Å²) in [6.45, 7) is 4.60. The lowest BCUT2D eigenvalue weighted by Crippen LogP contribution is -2.33. The molecule has 1 aromatic carbocycles. The standard InChI is InChI=1S/C25H29N5O5S/c1-4-16-8-18(19-11-26-25(27-12-19)17-5-6-17)7-15(2)21(16)9-22(31)29-36(32,33)23-10-24-30(28-23)13-20(34-3)14-35-24/h7-8,10-12,17,20H,4-6,9,13-14H2,1-3H3,(H,29,31)/t20-/m1/s1. The molecule has 1 atom stereocenters. The molecule has 0 spiro atoms. The molecule has 190 valence electrons. The maximum atomic E-state index is 12.9. The van der Waals surface area contributed by atoms with Crippen LogP contribution >= 0.6 is 0 Å². The number of hydrogen-bond acceptors (Lipinski definition) is 8. The molecule has 5 rings (SSSR count). The van der Waals surface area contributed by atoms with Gasteiger partial charge >= 0.3 is 0 Å². The highest BCUT2D eigenvalue weighted by atomic mass is 32.2. The number of rotatable bonds is 8. The molecule has 36 heavy (non-hydrogen) atoms. The van der Waals surface area contributed by atoms with E-state index in [0.29, 0.717) is 31.4 Å². The number of hydrogen-bond donors (Lipinski definition) is 1. The van der Waals surface area contributed by atoms with Crippen molar-refractivity contribution in [3.05, 3.63) is 53.1 Å². The van der Waals surface area contributed by atoms with E-state index in [4.69, 9.17) is 9.47 Å². The van der Waals surface area contributed by atoms with E-state index >= 15 is 0 Å². The Hall–Kier alpha value is -3.31. The van der Waals surface area contributed by atoms with Crippen LogP contribution in [0.25, 0.3) is 11.1 Å². The zero-order valence-electron chi connectivity index (χ0n) is 20.5. The summed E-state index contributed by atoms with van der Waals surface area (Å²) in [7, 11) is -2.60. The topological polar surface area (TPSA) is 125 Å². The van der Waals surface area contributed by atoms with Crippen molar-refractivity contribution in [3.63, 3.8) is 0 Å². The lowest BCUT2D eigenvalue weighted by Gasteiger charge is -2.22. The van der Waals surface area contributed by atoms with Crippen LogP contribution in [-0.2, 0) is 38.9 Å². The molecule has 1 saturated carbocycles. The zero-order valence-corrected chi connectivity index (χ0v) is 21.3. The Morgan fingerprint density at radius 1 is 1.19 bits per heavy atom. The van der Waals surface area contributed by atoms with Crippen LogP contribution in [0.2, 0.25) is 0 Å². The number of nitrogens with one attached hydrogen (secondary N) is 1. The van der Waals surface area contributed by atoms with Gasteiger partial charge in [-0.15, -0.1) is 0 Å². The number of benzene rings is 1. The second kappa shape index (κ2) is 9.62. The van der Waals surface area contributed by atoms with Gasteiger partial charge in [-0.3, -0.25) is 4.79 Å². The number of aromatic nitrogens is 4. The number of amides is 1. The summed E-state index contributed by atoms with van der Waals surface area (Å²) in [5.74, 6) is 1.08. The third-order valence-electron chi connectivity index (χ3n) is 6.60. The number of carbonyl (C=O) groups excluding carboxylic acids is 1. The first-order chi connectivity index (χ1) is 17.3. The van der Waals surface area contributed by atoms with E-state index in [9.17, 15) is 13.2 Å². The maximum Gasteiger partial charge on any atom is 0.283 e. The zero-order chi connectivity index (χ0) is 25.4. The Bertz CT molecular complexity index is 1400. The third-order valence-corrected chi connectivity index (χ3v) is 7.85. The lowest BCUT2D eigenvalue weighted by atomic mass is 9.92. The van der Waals surface area contributed by atoms with E-state index in [1.54, 1.807) is 7.11 Å². The first kappa shape index (κ1) is 24.4. The van der Waals surface area contributed by atoms with Crippen molar-refractivity contribution in [2.45, 2.75) is 63.1 Å². The van der Waals surface area contributed by atoms with E-state index in [2.05, 4.69) is 19.8 Å². The number of sulfonamides is 1. The number of aryl methyl sites for hydroxylation is 2. The molecule has 11 heteroatoms. The normalized spacial score (nSPS) is 17.4. The molecule has 3 heterocycles. The van der Waals surface area contributed by atoms with Crippen LogP contribution in [0.3, 0.4) is 0 Å². The predicted octanol–water partition coefficient (Wildman–Crippen LogP) is 2.54. The number of carbonyl (C=O) groups is 1. The quantitative estimate of drug-likeness (QED) is 0.489. The van der Waals surface area contributed by atoms with Crippen molar-refractivity contribution in [1.82, 2.24) is 24.5 Å². The molecule has 2 aromatic heterocycles. The van der Waals surface area contributed by atoms with Gasteiger partial charge in [0.05, 0.1) is 13.0 Å². The van der Waals surface area contributed by atoms with Gasteiger partial charge in [-0.1, -0.05) is 19.1 Å². The molecule has 0 radical (unpaired) electrons. The minimum atomic E-state index is -4.16. The summed E-state index contributed by atoms with van der Waals surface area (Å²) in [6, 6.07) is 5.32. The van der Waals surface area contributed by atoms with Gasteiger partial charge in [0, 0.05) is 37.1 Å². The molecule has 1 aliphatic heterocycles. The van der Waals surface area contributed by atoms with Gasteiger partial charge in [-0.2, -0.15) is 13.5 Å². The average Bonchev–Trinajstić information content (AvgIpc) is 3.62. The van der Waals surface area contributed by atoms with Gasteiger partial charge in [0.25, 0.3) is 10.0 Å². The Kier molecular flexibility index (Phi) is 6.52. The van der Waals surface area contributed by atoms with Crippen molar-refractivity contribution in [2.75, 3.05) is 13.7 Å². The van der Waals surface area contributed by atoms with Crippen molar-refractivity contribution >= 4 is 15.9 Å². The fourth-order valence-electron chi connectivity index (χ4n) is 4.39. The van der Waals surface area contributed by atoms with Gasteiger partial charge in [0.2, 0.25) is 16.8 Å². The molecule has 1 amide bonds. The van der Waals surface area contributed by atoms with Gasteiger partial charge in [0.1, 0.15) is 18.5 Å². The molecule has 0 saturated heterocycles. The number of nitrogens with zero attached hydrogens (tertiary/aromatic N) is 4. The van der Waals surface area contributed by atoms with Crippen LogP contribution in [0.1, 0.15) is 48.2 Å². The van der Waals surface area contributed by atoms with Gasteiger partial charge < -0.3 is 9.47 Å². The molecule has 1 fully saturated rings. The Balaban J connectivity index is 1.32. The van der Waals surface area contributed by atoms with Crippen LogP contribution in [-0.4, -0.2) is 53.9 Å². The largest absolute Gasteiger partial charge is 0.475 e. The summed E-state index contributed by atoms with van der Waals surface area (Å²) in [6.07, 6.45) is 6.39. The van der Waals surface area contributed by atoms with Gasteiger partial charge in [0.15, 0.2) is 0 Å². The number of ether oxygens (including phenoxy) is 2. The van der Waals surface area contributed by atoms with Crippen molar-refractivity contribution in [1.29, 1.82) is 0 Å². The van der Waals surface area contributed by atoms with Crippen molar-refractivity contribution in [3.8, 4) is 17.0 Å². The molecule has 2 aliphatic rings. The highest BCUT2D eigenvalue weighted by Gasteiger charge is 2.28. The van der Waals surface area contributed by atoms with E-state index in [1.807, 2.05) is 38.4 Å². The molecule has 1 N–H and O–H groups in total. The second-order valence-corrected chi connectivity index (χ2v) is 10.9. The van der Waals surface area contributed by atoms with Crippen LogP contribution in [0, 0.1) is 6.92 Å². The number of methoxy groups -OCH3 is 1. The second-order valence-electron chi connectivity index (χ2n) is 9.27. The van der Waals surface area contributed by atoms with Gasteiger partial charge in [-0.25, -0.2) is 19.4 Å². The third kappa shape index (κ3) is 4.98. The smallest absolute Gasteiger partial charge is 0.283 e. The van der Waals surface area contributed by atoms with E-state index in [-0.39, 0.29) is 17.6 Å². The van der Waals surface area contributed by atoms with Gasteiger partial charge in [-0.05, 0) is 48.4 Å². The van der Waals surface area contributed by atoms with Crippen LogP contribution in [0.15, 0.2) is 35.6 Å². The fourth-order valence-corrected chi connectivity index (χ4v) is 5.32. The average molecular weight is 512 g/mol. The highest BCUT2D eigenvalue weighted by molar-refractivity contribution is 7.90. The summed E-state index contributed by atoms with van der Waals surface area (Å²) in [5, 5.41) is 3.83. The van der Waals surface area contributed by atoms with Crippen molar-refractivity contribution < 1.29 is 22.7 Å². The Morgan fingerprint density at radius 2 is 1.94 bits per heavy atom.